The van der Waals surface area contributed by atoms with E-state index in [9.17, 15) is 33.7 Å². The van der Waals surface area contributed by atoms with Crippen LogP contribution in [0.15, 0.2) is 117 Å². The van der Waals surface area contributed by atoms with E-state index >= 15 is 0 Å². The summed E-state index contributed by atoms with van der Waals surface area (Å²) in [6.07, 6.45) is 4.57. The molecule has 0 saturated carbocycles. The first kappa shape index (κ1) is 32.0. The summed E-state index contributed by atoms with van der Waals surface area (Å²) in [4.78, 5) is 0.938. The Hall–Kier alpha value is -3.52. The highest BCUT2D eigenvalue weighted by Crippen LogP contribution is 2.25. The highest BCUT2D eigenvalue weighted by Gasteiger charge is 2.10. The fraction of sp³-hybridized carbons (Fsp3) is 0.143. The number of hydrogen-bond acceptors (Lipinski definition) is 9. The third kappa shape index (κ3) is 9.25. The van der Waals surface area contributed by atoms with Gasteiger partial charge in [0.05, 0.1) is 19.6 Å². The predicted octanol–water partition coefficient (Wildman–Crippen LogP) is 4.45. The van der Waals surface area contributed by atoms with Gasteiger partial charge in [0, 0.05) is 25.0 Å². The summed E-state index contributed by atoms with van der Waals surface area (Å²) in [5.74, 6) is 0.934. The number of hydrogen-bond donors (Lipinski definition) is 0. The van der Waals surface area contributed by atoms with Crippen molar-refractivity contribution < 1.29 is 38.4 Å². The van der Waals surface area contributed by atoms with E-state index in [0.29, 0.717) is 11.5 Å². The van der Waals surface area contributed by atoms with Crippen LogP contribution in [0.5, 0.6) is 11.5 Å². The third-order valence-electron chi connectivity index (χ3n) is 5.64. The van der Waals surface area contributed by atoms with E-state index in [0.717, 1.165) is 36.1 Å². The Morgan fingerprint density at radius 2 is 0.537 bits per heavy atom. The average molecular weight is 637 g/mol. The second-order valence-electron chi connectivity index (χ2n) is 9.18. The molecule has 218 valence electrons. The number of ether oxygens (including phenoxy) is 1. The van der Waals surface area contributed by atoms with Gasteiger partial charge in [0.1, 0.15) is 11.5 Å². The third-order valence-corrected chi connectivity index (χ3v) is 10.2. The van der Waals surface area contributed by atoms with E-state index in [2.05, 4.69) is 0 Å². The maximum Gasteiger partial charge on any atom is 0.175 e. The topological polar surface area (TPSA) is 146 Å². The van der Waals surface area contributed by atoms with Crippen molar-refractivity contribution in [2.45, 2.75) is 19.6 Å². The summed E-state index contributed by atoms with van der Waals surface area (Å²) in [5, 5.41) is 0. The lowest BCUT2D eigenvalue weighted by Gasteiger charge is -2.07. The first-order valence-corrected chi connectivity index (χ1v) is 19.3. The zero-order valence-electron chi connectivity index (χ0n) is 22.5. The van der Waals surface area contributed by atoms with E-state index in [1.807, 2.05) is 0 Å². The lowest BCUT2D eigenvalue weighted by molar-refractivity contribution is 0.481. The molecule has 0 spiro atoms. The van der Waals surface area contributed by atoms with E-state index in [-0.39, 0.29) is 19.6 Å². The van der Waals surface area contributed by atoms with Crippen LogP contribution in [0.3, 0.4) is 0 Å². The number of rotatable bonds is 7. The predicted molar refractivity (Wildman–Crippen MR) is 157 cm³/mol. The van der Waals surface area contributed by atoms with Crippen molar-refractivity contribution in [3.63, 3.8) is 0 Å². The normalized spacial score (nSPS) is 12.2. The van der Waals surface area contributed by atoms with Gasteiger partial charge in [-0.05, 0) is 83.9 Å². The minimum Gasteiger partial charge on any atom is -0.457 e. The van der Waals surface area contributed by atoms with Crippen molar-refractivity contribution in [1.29, 1.82) is 0 Å². The fourth-order valence-corrected chi connectivity index (χ4v) is 5.96. The Bertz CT molecular complexity index is 1800. The molecule has 0 fully saturated rings. The molecule has 0 bridgehead atoms. The maximum absolute atomic E-state index is 11.4. The molecule has 0 atom stereocenters. The molecule has 0 N–H and O–H groups in total. The van der Waals surface area contributed by atoms with Crippen LogP contribution in [0.2, 0.25) is 0 Å². The average Bonchev–Trinajstić information content (AvgIpc) is 2.88. The van der Waals surface area contributed by atoms with Crippen LogP contribution in [-0.2, 0) is 39.3 Å². The molecule has 0 aliphatic heterocycles. The highest BCUT2D eigenvalue weighted by molar-refractivity contribution is 7.91. The molecule has 0 unspecified atom stereocenters. The highest BCUT2D eigenvalue weighted by atomic mass is 32.2. The van der Waals surface area contributed by atoms with E-state index < -0.39 is 39.3 Å². The standard InChI is InChI=1S/C14H14O5S2.C14H14O4S2/c1-20(15,16)13-7-3-11(4-8-13)19-12-5-9-14(10-6-12)21(2,17)18;1-19(15,16)13-7-3-11(4-8-13)12-5-9-14(10-6-12)20(2,17)18/h3-10H,1-2H3;3-10H,1-2H3. The molecule has 41 heavy (non-hydrogen) atoms. The van der Waals surface area contributed by atoms with Gasteiger partial charge in [-0.1, -0.05) is 24.3 Å². The number of benzene rings is 4. The van der Waals surface area contributed by atoms with Gasteiger partial charge in [-0.25, -0.2) is 33.7 Å². The zero-order chi connectivity index (χ0) is 30.6. The minimum atomic E-state index is -3.24. The zero-order valence-corrected chi connectivity index (χ0v) is 25.8. The Balaban J connectivity index is 0.000000226. The van der Waals surface area contributed by atoms with E-state index in [4.69, 9.17) is 4.74 Å². The Labute approximate surface area is 241 Å². The molecular formula is C28H28O9S4. The van der Waals surface area contributed by atoms with Crippen LogP contribution < -0.4 is 4.74 Å². The largest absolute Gasteiger partial charge is 0.457 e. The minimum absolute atomic E-state index is 0.210. The van der Waals surface area contributed by atoms with Crippen LogP contribution in [0, 0.1) is 0 Å². The second kappa shape index (κ2) is 12.1. The molecule has 0 aliphatic carbocycles. The number of sulfone groups is 4. The van der Waals surface area contributed by atoms with Gasteiger partial charge in [-0.15, -0.1) is 0 Å². The van der Waals surface area contributed by atoms with Gasteiger partial charge in [0.25, 0.3) is 0 Å². The van der Waals surface area contributed by atoms with Gasteiger partial charge in [-0.3, -0.25) is 0 Å². The van der Waals surface area contributed by atoms with Crippen molar-refractivity contribution in [2.24, 2.45) is 0 Å². The quantitative estimate of drug-likeness (QED) is 0.287. The van der Waals surface area contributed by atoms with Gasteiger partial charge < -0.3 is 4.74 Å². The van der Waals surface area contributed by atoms with Crippen LogP contribution in [-0.4, -0.2) is 58.7 Å². The SMILES string of the molecule is CS(=O)(=O)c1ccc(-c2ccc(S(C)(=O)=O)cc2)cc1.CS(=O)(=O)c1ccc(Oc2ccc(S(C)(=O)=O)cc2)cc1. The van der Waals surface area contributed by atoms with Crippen molar-refractivity contribution in [2.75, 3.05) is 25.0 Å². The molecule has 13 heteroatoms. The molecule has 0 heterocycles. The fourth-order valence-electron chi connectivity index (χ4n) is 3.44. The van der Waals surface area contributed by atoms with E-state index in [1.54, 1.807) is 48.5 Å². The molecule has 0 aromatic heterocycles. The summed E-state index contributed by atoms with van der Waals surface area (Å²) in [7, 11) is -12.9. The summed E-state index contributed by atoms with van der Waals surface area (Å²) in [6.45, 7) is 0. The summed E-state index contributed by atoms with van der Waals surface area (Å²) < 4.78 is 96.3. The van der Waals surface area contributed by atoms with Gasteiger partial charge >= 0.3 is 0 Å². The first-order chi connectivity index (χ1) is 18.8. The first-order valence-electron chi connectivity index (χ1n) is 11.7. The summed E-state index contributed by atoms with van der Waals surface area (Å²) in [6, 6.07) is 24.9. The maximum atomic E-state index is 11.4. The van der Waals surface area contributed by atoms with Gasteiger partial charge in [0.2, 0.25) is 0 Å². The second-order valence-corrected chi connectivity index (χ2v) is 17.2. The Kier molecular flexibility index (Phi) is 9.48. The van der Waals surface area contributed by atoms with Crippen molar-refractivity contribution in [3.05, 3.63) is 97.1 Å². The molecule has 4 rings (SSSR count). The lowest BCUT2D eigenvalue weighted by Crippen LogP contribution is -1.97. The molecule has 4 aromatic rings. The summed E-state index contributed by atoms with van der Waals surface area (Å²) in [5.41, 5.74) is 1.66. The molecule has 0 radical (unpaired) electrons. The van der Waals surface area contributed by atoms with Crippen LogP contribution in [0.1, 0.15) is 0 Å². The van der Waals surface area contributed by atoms with Crippen molar-refractivity contribution in [1.82, 2.24) is 0 Å². The molecule has 0 aliphatic rings. The van der Waals surface area contributed by atoms with Gasteiger partial charge in [-0.2, -0.15) is 0 Å². The van der Waals surface area contributed by atoms with Crippen molar-refractivity contribution >= 4 is 39.3 Å². The molecule has 0 saturated heterocycles. The molecular weight excluding hydrogens is 609 g/mol. The molecule has 4 aromatic carbocycles. The Morgan fingerprint density at radius 3 is 0.732 bits per heavy atom. The molecule has 9 nitrogen and oxygen atoms in total. The van der Waals surface area contributed by atoms with Gasteiger partial charge in [0.15, 0.2) is 39.3 Å². The Morgan fingerprint density at radius 1 is 0.341 bits per heavy atom. The van der Waals surface area contributed by atoms with Crippen LogP contribution >= 0.6 is 0 Å². The lowest BCUT2D eigenvalue weighted by atomic mass is 10.1. The van der Waals surface area contributed by atoms with Crippen molar-refractivity contribution in [3.8, 4) is 22.6 Å². The smallest absolute Gasteiger partial charge is 0.175 e. The monoisotopic (exact) mass is 636 g/mol. The van der Waals surface area contributed by atoms with Crippen LogP contribution in [0.4, 0.5) is 0 Å². The van der Waals surface area contributed by atoms with Crippen LogP contribution in [0.25, 0.3) is 11.1 Å². The molecule has 0 amide bonds. The summed E-state index contributed by atoms with van der Waals surface area (Å²) >= 11 is 0. The van der Waals surface area contributed by atoms with E-state index in [1.165, 1.54) is 48.5 Å².